The molecule has 0 spiro atoms. The van der Waals surface area contributed by atoms with E-state index in [1.165, 1.54) is 25.1 Å². The molecular formula is C41H32N10O26S8. The van der Waals surface area contributed by atoms with Crippen LogP contribution in [0.4, 0.5) is 39.3 Å². The number of nitrogens with zero attached hydrogens (tertiary/aromatic N) is 10. The van der Waals surface area contributed by atoms with E-state index in [4.69, 9.17) is 30.0 Å². The normalized spacial score (nSPS) is 12.4. The highest BCUT2D eigenvalue weighted by Crippen LogP contribution is 2.45. The van der Waals surface area contributed by atoms with Gasteiger partial charge in [0.2, 0.25) is 11.0 Å². The summed E-state index contributed by atoms with van der Waals surface area (Å²) in [4.78, 5) is 11.0. The minimum atomic E-state index is -5.34. The summed E-state index contributed by atoms with van der Waals surface area (Å²) >= 11 is 0.957. The molecule has 6 aromatic carbocycles. The van der Waals surface area contributed by atoms with Crippen LogP contribution in [0.2, 0.25) is 0 Å². The predicted molar refractivity (Wildman–Crippen MR) is 288 cm³/mol. The van der Waals surface area contributed by atoms with Gasteiger partial charge in [0.05, 0.1) is 39.1 Å². The van der Waals surface area contributed by atoms with Crippen LogP contribution >= 0.6 is 11.3 Å². The fourth-order valence-corrected chi connectivity index (χ4v) is 11.7. The van der Waals surface area contributed by atoms with Crippen molar-refractivity contribution in [2.75, 3.05) is 12.4 Å². The van der Waals surface area contributed by atoms with Gasteiger partial charge in [-0.2, -0.15) is 51.9 Å². The number of phenols is 1. The molecule has 0 aliphatic rings. The third-order valence-electron chi connectivity index (χ3n) is 10.8. The second-order valence-corrected chi connectivity index (χ2v) is 25.4. The maximum atomic E-state index is 13.0. The molecule has 2 aromatic heterocycles. The number of nitro benzene ring substituents is 1. The van der Waals surface area contributed by atoms with Crippen LogP contribution in [0.3, 0.4) is 0 Å². The zero-order chi connectivity index (χ0) is 63.5. The number of benzene rings is 6. The number of non-ortho nitro benzene ring substituents is 1. The number of hydrogen-bond acceptors (Lipinski definition) is 30. The molecule has 0 unspecified atom stereocenters. The lowest BCUT2D eigenvalue weighted by molar-refractivity contribution is -0.384. The van der Waals surface area contributed by atoms with E-state index < -0.39 is 147 Å². The number of nitro groups is 1. The second kappa shape index (κ2) is 25.3. The van der Waals surface area contributed by atoms with Gasteiger partial charge in [-0.15, -0.1) is 55.9 Å². The Kier molecular flexibility index (Phi) is 19.5. The lowest BCUT2D eigenvalue weighted by Gasteiger charge is -2.12. The summed E-state index contributed by atoms with van der Waals surface area (Å²) in [6, 6.07) is 13.7. The van der Waals surface area contributed by atoms with Crippen molar-refractivity contribution in [3.8, 4) is 23.1 Å². The molecule has 0 radical (unpaired) electrons. The number of ether oxygens (including phenoxy) is 1. The molecule has 8 rings (SSSR count). The fraction of sp³-hybridized carbons (Fsp3) is 0.122. The van der Waals surface area contributed by atoms with Crippen LogP contribution in [0.1, 0.15) is 17.7 Å². The lowest BCUT2D eigenvalue weighted by Crippen LogP contribution is -2.08. The molecule has 0 aliphatic carbocycles. The first kappa shape index (κ1) is 65.5. The number of rotatable bonds is 17. The summed E-state index contributed by atoms with van der Waals surface area (Å²) < 4.78 is 229. The first-order valence-electron chi connectivity index (χ1n) is 21.9. The quantitative estimate of drug-likeness (QED) is 0.0166. The second-order valence-electron chi connectivity index (χ2n) is 16.5. The average Bonchev–Trinajstić information content (AvgIpc) is 1.70. The standard InChI is InChI=1S/C41H32N10O20S6.2O3S/c1-19-13-30(31(71-11-4-12-73(56,57)58)18-29(19)45-48-41-42-37-32(72-41)5-3-6-33(37)74(59,60)61)46-43-27-9-8-24-23(38(27)52)7-10-28(39(24)77(68,69)70)44-47-36-20(2)49-50(40(36)53)21-14-25-26(34(16-21)75(62,63)64)15-22(51(54)55)17-35(25)76(65,66)67;2*1-4(2)3/h3,5-10,13-18,52-53H,4,11-12H2,1-2H3,(H,56,57,58)(H,59,60,61)(H,62,63,64)(H,65,66,67)(H,68,69,70);;. The van der Waals surface area contributed by atoms with Crippen molar-refractivity contribution in [3.05, 3.63) is 100 Å². The highest BCUT2D eigenvalue weighted by atomic mass is 32.2. The van der Waals surface area contributed by atoms with E-state index in [2.05, 4.69) is 40.8 Å². The highest BCUT2D eigenvalue weighted by Gasteiger charge is 2.29. The molecule has 0 atom stereocenters. The van der Waals surface area contributed by atoms with Crippen LogP contribution in [-0.4, -0.2) is 132 Å². The highest BCUT2D eigenvalue weighted by molar-refractivity contribution is 7.87. The van der Waals surface area contributed by atoms with E-state index in [1.807, 2.05) is 0 Å². The Labute approximate surface area is 482 Å². The summed E-state index contributed by atoms with van der Waals surface area (Å²) in [5.74, 6) is -2.40. The number of aromatic hydroxyl groups is 2. The number of aromatic nitrogens is 3. The Morgan fingerprint density at radius 3 is 1.76 bits per heavy atom. The van der Waals surface area contributed by atoms with Crippen molar-refractivity contribution in [1.82, 2.24) is 14.8 Å². The minimum Gasteiger partial charge on any atom is -0.505 e. The van der Waals surface area contributed by atoms with E-state index in [0.29, 0.717) is 33.1 Å². The smallest absolute Gasteiger partial charge is 0.425 e. The molecule has 36 nitrogen and oxygen atoms in total. The van der Waals surface area contributed by atoms with Crippen LogP contribution in [0, 0.1) is 24.0 Å². The van der Waals surface area contributed by atoms with Crippen LogP contribution in [0.15, 0.2) is 129 Å². The number of thiazole rings is 1. The zero-order valence-electron chi connectivity index (χ0n) is 41.8. The first-order chi connectivity index (χ1) is 39.3. The molecule has 2 heterocycles. The van der Waals surface area contributed by atoms with Gasteiger partial charge < -0.3 is 14.9 Å². The molecule has 0 fully saturated rings. The Hall–Kier alpha value is -8.67. The van der Waals surface area contributed by atoms with Crippen LogP contribution in [0.5, 0.6) is 17.4 Å². The van der Waals surface area contributed by atoms with Crippen molar-refractivity contribution in [3.63, 3.8) is 0 Å². The van der Waals surface area contributed by atoms with Gasteiger partial charge in [-0.3, -0.25) is 32.9 Å². The largest absolute Gasteiger partial charge is 0.505 e. The third-order valence-corrected chi connectivity index (χ3v) is 16.1. The molecule has 450 valence electrons. The van der Waals surface area contributed by atoms with Gasteiger partial charge in [-0.1, -0.05) is 23.5 Å². The van der Waals surface area contributed by atoms with Gasteiger partial charge in [-0.05, 0) is 74.4 Å². The molecule has 0 bridgehead atoms. The van der Waals surface area contributed by atoms with Crippen molar-refractivity contribution in [2.45, 2.75) is 39.9 Å². The van der Waals surface area contributed by atoms with E-state index in [9.17, 15) is 85.2 Å². The van der Waals surface area contributed by atoms with E-state index in [1.54, 1.807) is 13.0 Å². The number of aryl methyl sites for hydroxylation is 2. The molecule has 0 saturated carbocycles. The summed E-state index contributed by atoms with van der Waals surface area (Å²) in [7, 11) is -31.2. The summed E-state index contributed by atoms with van der Waals surface area (Å²) in [6.07, 6.45) is -0.193. The van der Waals surface area contributed by atoms with Gasteiger partial charge in [-0.25, -0.2) is 4.98 Å². The monoisotopic (exact) mass is 1340 g/mol. The van der Waals surface area contributed by atoms with Gasteiger partial charge in [0, 0.05) is 39.7 Å². The summed E-state index contributed by atoms with van der Waals surface area (Å²) in [5, 5.41) is 60.6. The summed E-state index contributed by atoms with van der Waals surface area (Å²) in [6.45, 7) is 2.52. The van der Waals surface area contributed by atoms with Crippen LogP contribution in [-0.2, 0) is 71.8 Å². The number of hydrogen-bond donors (Lipinski definition) is 7. The van der Waals surface area contributed by atoms with Crippen molar-refractivity contribution >= 4 is 154 Å². The Morgan fingerprint density at radius 1 is 0.624 bits per heavy atom. The SMILES string of the molecule is Cc1cc(N=Nc2ccc3c(S(=O)(=O)O)c(N=Nc4c(C)nn(-c5cc(S(=O)(=O)O)c6cc([N+](=O)[O-])cc(S(=O)(=O)O)c6c5)c4O)ccc3c2O)c(OCCCS(=O)(=O)O)cc1N=Nc1nc2c(S(=O)(=O)O)cccc2s1.O=S(=O)=O.O=S(=O)=O. The molecule has 0 amide bonds. The number of phenolic OH excluding ortho intramolecular Hbond substituents is 1. The molecule has 0 aliphatic heterocycles. The molecular weight excluding hydrogens is 1310 g/mol. The average molecular weight is 1340 g/mol. The van der Waals surface area contributed by atoms with Gasteiger partial charge >= 0.3 is 21.2 Å². The minimum absolute atomic E-state index is 0.00213. The Bertz CT molecular complexity index is 5000. The molecule has 7 N–H and O–H groups in total. The first-order valence-corrected chi connectivity index (χ1v) is 32.1. The maximum absolute atomic E-state index is 13.0. The Balaban J connectivity index is 0.00000136. The third kappa shape index (κ3) is 16.2. The van der Waals surface area contributed by atoms with E-state index in [0.717, 1.165) is 47.7 Å². The van der Waals surface area contributed by atoms with Crippen molar-refractivity contribution < 1.29 is 110 Å². The van der Waals surface area contributed by atoms with Gasteiger partial charge in [0.15, 0.2) is 11.4 Å². The van der Waals surface area contributed by atoms with Crippen LogP contribution in [0.25, 0.3) is 37.4 Å². The molecule has 8 aromatic rings. The van der Waals surface area contributed by atoms with Crippen molar-refractivity contribution in [2.24, 2.45) is 30.7 Å². The summed E-state index contributed by atoms with van der Waals surface area (Å²) in [5.41, 5.74) is -2.66. The maximum Gasteiger partial charge on any atom is 0.425 e. The molecule has 85 heavy (non-hydrogen) atoms. The van der Waals surface area contributed by atoms with E-state index >= 15 is 0 Å². The lowest BCUT2D eigenvalue weighted by atomic mass is 10.1. The molecule has 0 saturated heterocycles. The zero-order valence-corrected chi connectivity index (χ0v) is 48.3. The number of azo groups is 3. The van der Waals surface area contributed by atoms with Crippen molar-refractivity contribution in [1.29, 1.82) is 0 Å². The number of para-hydroxylation sites is 1. The van der Waals surface area contributed by atoms with Gasteiger partial charge in [0.25, 0.3) is 56.3 Å². The molecule has 44 heteroatoms. The topological polar surface area (TPSA) is 572 Å². The van der Waals surface area contributed by atoms with E-state index in [-0.39, 0.29) is 63.0 Å². The van der Waals surface area contributed by atoms with Gasteiger partial charge in [0.1, 0.15) is 47.9 Å². The predicted octanol–water partition coefficient (Wildman–Crippen LogP) is 6.61. The fourth-order valence-electron chi connectivity index (χ4n) is 7.45. The number of fused-ring (bicyclic) bond motifs is 3. The Morgan fingerprint density at radius 2 is 1.18 bits per heavy atom. The van der Waals surface area contributed by atoms with Crippen LogP contribution < -0.4 is 4.74 Å².